The molecule has 0 saturated carbocycles. The second-order valence-corrected chi connectivity index (χ2v) is 4.19. The van der Waals surface area contributed by atoms with Crippen LogP contribution in [0.1, 0.15) is 18.6 Å². The predicted molar refractivity (Wildman–Crippen MR) is 74.6 cm³/mol. The number of benzene rings is 1. The van der Waals surface area contributed by atoms with E-state index in [0.29, 0.717) is 11.3 Å². The average molecular weight is 274 g/mol. The molecule has 0 radical (unpaired) electrons. The standard InChI is InChI=1S/C13H14N4O3/c1-8(18)9-3-2-4-10(7-9)14-13(20)15-11-5-6-12(19)17-16-11/h2-8,18H,1H3,(H,17,19)(H2,14,15,16,20). The van der Waals surface area contributed by atoms with E-state index in [2.05, 4.69) is 20.8 Å². The second kappa shape index (κ2) is 5.98. The van der Waals surface area contributed by atoms with Gasteiger partial charge in [-0.15, -0.1) is 0 Å². The molecule has 1 unspecified atom stereocenters. The Morgan fingerprint density at radius 3 is 2.75 bits per heavy atom. The van der Waals surface area contributed by atoms with Crippen molar-refractivity contribution in [2.45, 2.75) is 13.0 Å². The number of aromatic nitrogens is 2. The van der Waals surface area contributed by atoms with Crippen LogP contribution in [0.5, 0.6) is 0 Å². The molecule has 0 spiro atoms. The Morgan fingerprint density at radius 1 is 1.30 bits per heavy atom. The first kappa shape index (κ1) is 13.8. The van der Waals surface area contributed by atoms with Crippen molar-refractivity contribution in [3.63, 3.8) is 0 Å². The van der Waals surface area contributed by atoms with Crippen LogP contribution in [0.25, 0.3) is 0 Å². The maximum atomic E-state index is 11.7. The number of carbonyl (C=O) groups excluding carboxylic acids is 1. The van der Waals surface area contributed by atoms with Gasteiger partial charge in [-0.2, -0.15) is 5.10 Å². The summed E-state index contributed by atoms with van der Waals surface area (Å²) in [4.78, 5) is 22.6. The molecule has 0 aliphatic rings. The summed E-state index contributed by atoms with van der Waals surface area (Å²) in [6.45, 7) is 1.64. The fourth-order valence-corrected chi connectivity index (χ4v) is 1.57. The molecular weight excluding hydrogens is 260 g/mol. The number of H-pyrrole nitrogens is 1. The van der Waals surface area contributed by atoms with Crippen LogP contribution in [0.2, 0.25) is 0 Å². The van der Waals surface area contributed by atoms with Gasteiger partial charge in [0, 0.05) is 11.8 Å². The number of amides is 2. The quantitative estimate of drug-likeness (QED) is 0.679. The molecule has 7 heteroatoms. The predicted octanol–water partition coefficient (Wildman–Crippen LogP) is 1.47. The number of hydrogen-bond acceptors (Lipinski definition) is 4. The summed E-state index contributed by atoms with van der Waals surface area (Å²) in [5.74, 6) is 0.230. The van der Waals surface area contributed by atoms with Crippen molar-refractivity contribution in [1.82, 2.24) is 10.2 Å². The van der Waals surface area contributed by atoms with E-state index < -0.39 is 12.1 Å². The van der Waals surface area contributed by atoms with Crippen LogP contribution in [0, 0.1) is 0 Å². The first-order valence-corrected chi connectivity index (χ1v) is 5.96. The fourth-order valence-electron chi connectivity index (χ4n) is 1.57. The third-order valence-electron chi connectivity index (χ3n) is 2.55. The normalized spacial score (nSPS) is 11.7. The van der Waals surface area contributed by atoms with E-state index in [9.17, 15) is 14.7 Å². The van der Waals surface area contributed by atoms with E-state index in [1.165, 1.54) is 12.1 Å². The first-order valence-electron chi connectivity index (χ1n) is 5.96. The number of nitrogens with one attached hydrogen (secondary N) is 3. The van der Waals surface area contributed by atoms with Crippen LogP contribution in [-0.2, 0) is 0 Å². The third-order valence-corrected chi connectivity index (χ3v) is 2.55. The maximum absolute atomic E-state index is 11.7. The van der Waals surface area contributed by atoms with Crippen molar-refractivity contribution in [2.75, 3.05) is 10.6 Å². The zero-order valence-electron chi connectivity index (χ0n) is 10.8. The smallest absolute Gasteiger partial charge is 0.324 e. The van der Waals surface area contributed by atoms with E-state index >= 15 is 0 Å². The molecule has 2 amide bonds. The molecular formula is C13H14N4O3. The Hall–Kier alpha value is -2.67. The molecule has 1 atom stereocenters. The van der Waals surface area contributed by atoms with Gasteiger partial charge in [0.05, 0.1) is 6.10 Å². The summed E-state index contributed by atoms with van der Waals surface area (Å²) in [5, 5.41) is 20.4. The highest BCUT2D eigenvalue weighted by atomic mass is 16.3. The van der Waals surface area contributed by atoms with E-state index in [1.54, 1.807) is 31.2 Å². The number of carbonyl (C=O) groups is 1. The zero-order chi connectivity index (χ0) is 14.5. The minimum absolute atomic E-state index is 0.230. The summed E-state index contributed by atoms with van der Waals surface area (Å²) in [6, 6.07) is 9.03. The van der Waals surface area contributed by atoms with Crippen molar-refractivity contribution in [1.29, 1.82) is 0 Å². The highest BCUT2D eigenvalue weighted by molar-refractivity contribution is 5.99. The molecule has 0 saturated heterocycles. The van der Waals surface area contributed by atoms with Gasteiger partial charge in [0.2, 0.25) is 0 Å². The van der Waals surface area contributed by atoms with Crippen LogP contribution in [0.4, 0.5) is 16.3 Å². The minimum Gasteiger partial charge on any atom is -0.389 e. The van der Waals surface area contributed by atoms with Gasteiger partial charge in [0.15, 0.2) is 5.82 Å². The summed E-state index contributed by atoms with van der Waals surface area (Å²) >= 11 is 0. The second-order valence-electron chi connectivity index (χ2n) is 4.19. The zero-order valence-corrected chi connectivity index (χ0v) is 10.8. The number of nitrogens with zero attached hydrogens (tertiary/aromatic N) is 1. The van der Waals surface area contributed by atoms with Gasteiger partial charge in [-0.25, -0.2) is 9.89 Å². The van der Waals surface area contributed by atoms with Crippen LogP contribution >= 0.6 is 0 Å². The van der Waals surface area contributed by atoms with Gasteiger partial charge < -0.3 is 10.4 Å². The van der Waals surface area contributed by atoms with Gasteiger partial charge in [-0.3, -0.25) is 10.1 Å². The van der Waals surface area contributed by atoms with Crippen LogP contribution in [-0.4, -0.2) is 21.3 Å². The Kier molecular flexibility index (Phi) is 4.11. The Morgan fingerprint density at radius 2 is 2.10 bits per heavy atom. The minimum atomic E-state index is -0.610. The summed E-state index contributed by atoms with van der Waals surface area (Å²) in [7, 11) is 0. The molecule has 1 heterocycles. The van der Waals surface area contributed by atoms with Crippen LogP contribution in [0.3, 0.4) is 0 Å². The molecule has 0 aliphatic carbocycles. The monoisotopic (exact) mass is 274 g/mol. The fraction of sp³-hybridized carbons (Fsp3) is 0.154. The number of urea groups is 1. The lowest BCUT2D eigenvalue weighted by Gasteiger charge is -2.09. The molecule has 1 aromatic heterocycles. The largest absolute Gasteiger partial charge is 0.389 e. The highest BCUT2D eigenvalue weighted by Crippen LogP contribution is 2.17. The molecule has 1 aromatic carbocycles. The number of anilines is 2. The van der Waals surface area contributed by atoms with Crippen molar-refractivity contribution in [3.05, 3.63) is 52.3 Å². The van der Waals surface area contributed by atoms with Crippen LogP contribution in [0.15, 0.2) is 41.2 Å². The molecule has 4 N–H and O–H groups in total. The van der Waals surface area contributed by atoms with E-state index in [1.807, 2.05) is 0 Å². The van der Waals surface area contributed by atoms with Crippen molar-refractivity contribution >= 4 is 17.5 Å². The molecule has 0 fully saturated rings. The van der Waals surface area contributed by atoms with E-state index in [0.717, 1.165) is 0 Å². The molecule has 2 aromatic rings. The van der Waals surface area contributed by atoms with Gasteiger partial charge in [0.25, 0.3) is 5.56 Å². The Bertz CT molecular complexity index is 646. The molecule has 2 rings (SSSR count). The SMILES string of the molecule is CC(O)c1cccc(NC(=O)Nc2ccc(=O)[nH]n2)c1. The van der Waals surface area contributed by atoms with Crippen molar-refractivity contribution in [3.8, 4) is 0 Å². The molecule has 7 nitrogen and oxygen atoms in total. The van der Waals surface area contributed by atoms with Gasteiger partial charge in [-0.1, -0.05) is 12.1 Å². The Balaban J connectivity index is 2.02. The lowest BCUT2D eigenvalue weighted by atomic mass is 10.1. The lowest BCUT2D eigenvalue weighted by Crippen LogP contribution is -2.21. The average Bonchev–Trinajstić information content (AvgIpc) is 2.41. The number of rotatable bonds is 3. The summed E-state index contributed by atoms with van der Waals surface area (Å²) < 4.78 is 0. The number of aromatic amines is 1. The number of hydrogen-bond donors (Lipinski definition) is 4. The van der Waals surface area contributed by atoms with Crippen molar-refractivity contribution in [2.24, 2.45) is 0 Å². The van der Waals surface area contributed by atoms with E-state index in [-0.39, 0.29) is 11.4 Å². The maximum Gasteiger partial charge on any atom is 0.324 e. The molecule has 20 heavy (non-hydrogen) atoms. The molecule has 0 bridgehead atoms. The van der Waals surface area contributed by atoms with Crippen molar-refractivity contribution < 1.29 is 9.90 Å². The van der Waals surface area contributed by atoms with E-state index in [4.69, 9.17) is 0 Å². The van der Waals surface area contributed by atoms with Gasteiger partial charge in [-0.05, 0) is 30.7 Å². The summed E-state index contributed by atoms with van der Waals surface area (Å²) in [6.07, 6.45) is -0.610. The number of aliphatic hydroxyl groups is 1. The first-order chi connectivity index (χ1) is 9.54. The van der Waals surface area contributed by atoms with Gasteiger partial charge in [0.1, 0.15) is 0 Å². The lowest BCUT2D eigenvalue weighted by molar-refractivity contribution is 0.199. The van der Waals surface area contributed by atoms with Gasteiger partial charge >= 0.3 is 6.03 Å². The molecule has 0 aliphatic heterocycles. The molecule has 104 valence electrons. The Labute approximate surface area is 114 Å². The third kappa shape index (κ3) is 3.66. The highest BCUT2D eigenvalue weighted by Gasteiger charge is 2.06. The number of aliphatic hydroxyl groups excluding tert-OH is 1. The topological polar surface area (TPSA) is 107 Å². The van der Waals surface area contributed by atoms with Crippen LogP contribution < -0.4 is 16.2 Å². The summed E-state index contributed by atoms with van der Waals surface area (Å²) in [5.41, 5.74) is 0.899.